The molecular formula is C28H27N3O5. The van der Waals surface area contributed by atoms with Crippen molar-refractivity contribution in [1.29, 1.82) is 0 Å². The molecule has 8 heteroatoms. The van der Waals surface area contributed by atoms with Gasteiger partial charge in [0.15, 0.2) is 11.5 Å². The zero-order chi connectivity index (χ0) is 25.2. The molecule has 2 heterocycles. The van der Waals surface area contributed by atoms with Crippen LogP contribution in [0.5, 0.6) is 11.5 Å². The highest BCUT2D eigenvalue weighted by molar-refractivity contribution is 5.78. The van der Waals surface area contributed by atoms with Crippen molar-refractivity contribution >= 4 is 16.8 Å². The summed E-state index contributed by atoms with van der Waals surface area (Å²) in [5, 5.41) is 3.29. The van der Waals surface area contributed by atoms with Crippen LogP contribution in [0.2, 0.25) is 0 Å². The number of ether oxygens (including phenoxy) is 2. The number of fused-ring (bicyclic) bond motifs is 2. The van der Waals surface area contributed by atoms with Crippen molar-refractivity contribution in [1.82, 2.24) is 14.5 Å². The first-order valence-corrected chi connectivity index (χ1v) is 11.8. The fourth-order valence-electron chi connectivity index (χ4n) is 4.42. The van der Waals surface area contributed by atoms with Crippen LogP contribution in [-0.4, -0.2) is 21.8 Å². The van der Waals surface area contributed by atoms with E-state index in [-0.39, 0.29) is 25.7 Å². The number of aromatic nitrogens is 2. The van der Waals surface area contributed by atoms with E-state index >= 15 is 0 Å². The second-order valence-electron chi connectivity index (χ2n) is 8.99. The molecule has 184 valence electrons. The molecule has 0 unspecified atom stereocenters. The lowest BCUT2D eigenvalue weighted by atomic mass is 10.1. The predicted octanol–water partition coefficient (Wildman–Crippen LogP) is 3.26. The molecule has 3 aromatic carbocycles. The first-order chi connectivity index (χ1) is 17.4. The maximum atomic E-state index is 13.5. The minimum absolute atomic E-state index is 0.00150. The lowest BCUT2D eigenvalue weighted by Gasteiger charge is -2.16. The Hall–Kier alpha value is -4.33. The van der Waals surface area contributed by atoms with Crippen molar-refractivity contribution in [3.05, 3.63) is 104 Å². The summed E-state index contributed by atoms with van der Waals surface area (Å²) in [5.74, 6) is 1.07. The van der Waals surface area contributed by atoms with E-state index in [1.54, 1.807) is 28.8 Å². The molecule has 36 heavy (non-hydrogen) atoms. The number of para-hydroxylation sites is 1. The van der Waals surface area contributed by atoms with Gasteiger partial charge in [-0.1, -0.05) is 42.0 Å². The molecule has 1 aromatic heterocycles. The van der Waals surface area contributed by atoms with E-state index in [2.05, 4.69) is 11.4 Å². The van der Waals surface area contributed by atoms with Gasteiger partial charge in [0.05, 0.1) is 17.4 Å². The highest BCUT2D eigenvalue weighted by atomic mass is 16.7. The van der Waals surface area contributed by atoms with Crippen LogP contribution in [-0.2, 0) is 24.4 Å². The molecule has 8 nitrogen and oxygen atoms in total. The molecule has 0 radical (unpaired) electrons. The van der Waals surface area contributed by atoms with Crippen LogP contribution in [0, 0.1) is 13.8 Å². The van der Waals surface area contributed by atoms with Gasteiger partial charge < -0.3 is 14.8 Å². The van der Waals surface area contributed by atoms with Crippen molar-refractivity contribution in [3.8, 4) is 11.5 Å². The Morgan fingerprint density at radius 1 is 0.944 bits per heavy atom. The van der Waals surface area contributed by atoms with Crippen LogP contribution in [0.25, 0.3) is 10.9 Å². The van der Waals surface area contributed by atoms with Crippen LogP contribution < -0.4 is 26.0 Å². The number of carbonyl (C=O) groups excluding carboxylic acids is 1. The maximum absolute atomic E-state index is 13.5. The predicted molar refractivity (Wildman–Crippen MR) is 137 cm³/mol. The molecule has 5 rings (SSSR count). The van der Waals surface area contributed by atoms with E-state index in [0.29, 0.717) is 35.5 Å². The molecule has 0 aliphatic carbocycles. The average molecular weight is 486 g/mol. The monoisotopic (exact) mass is 485 g/mol. The third-order valence-corrected chi connectivity index (χ3v) is 6.45. The molecule has 0 saturated carbocycles. The summed E-state index contributed by atoms with van der Waals surface area (Å²) in [7, 11) is 0. The summed E-state index contributed by atoms with van der Waals surface area (Å²) in [6.45, 7) is 4.83. The standard InChI is InChI=1S/C28H27N3O5/c1-18-7-8-19(2)21(13-18)16-31-23-6-4-3-5-22(23)27(33)30(28(31)34)12-11-26(32)29-15-20-9-10-24-25(14-20)36-17-35-24/h3-10,13-14H,11-12,15-17H2,1-2H3,(H,29,32). The number of carbonyl (C=O) groups is 1. The molecule has 1 aliphatic heterocycles. The normalized spacial score (nSPS) is 12.2. The van der Waals surface area contributed by atoms with Crippen LogP contribution in [0.3, 0.4) is 0 Å². The van der Waals surface area contributed by atoms with Gasteiger partial charge in [0.25, 0.3) is 5.56 Å². The number of amides is 1. The van der Waals surface area contributed by atoms with Crippen molar-refractivity contribution in [2.45, 2.75) is 39.9 Å². The summed E-state index contributed by atoms with van der Waals surface area (Å²) in [6.07, 6.45) is 0.00150. The van der Waals surface area contributed by atoms with E-state index in [1.807, 2.05) is 44.2 Å². The Bertz CT molecular complexity index is 1580. The number of hydrogen-bond donors (Lipinski definition) is 1. The highest BCUT2D eigenvalue weighted by Crippen LogP contribution is 2.32. The molecular weight excluding hydrogens is 458 g/mol. The van der Waals surface area contributed by atoms with Crippen LogP contribution >= 0.6 is 0 Å². The Labute approximate surface area is 207 Å². The summed E-state index contributed by atoms with van der Waals surface area (Å²) in [6, 6.07) is 18.7. The Morgan fingerprint density at radius 2 is 1.75 bits per heavy atom. The topological polar surface area (TPSA) is 91.6 Å². The Morgan fingerprint density at radius 3 is 2.61 bits per heavy atom. The van der Waals surface area contributed by atoms with Gasteiger partial charge in [-0.15, -0.1) is 0 Å². The third-order valence-electron chi connectivity index (χ3n) is 6.45. The highest BCUT2D eigenvalue weighted by Gasteiger charge is 2.16. The van der Waals surface area contributed by atoms with E-state index in [1.165, 1.54) is 0 Å². The third kappa shape index (κ3) is 4.62. The Balaban J connectivity index is 1.37. The van der Waals surface area contributed by atoms with Crippen LogP contribution in [0.15, 0.2) is 70.3 Å². The number of aryl methyl sites for hydroxylation is 2. The largest absolute Gasteiger partial charge is 0.454 e. The average Bonchev–Trinajstić information content (AvgIpc) is 3.35. The van der Waals surface area contributed by atoms with Crippen molar-refractivity contribution in [2.75, 3.05) is 6.79 Å². The molecule has 0 spiro atoms. The fraction of sp³-hybridized carbons (Fsp3) is 0.250. The van der Waals surface area contributed by atoms with Gasteiger partial charge in [-0.3, -0.25) is 18.7 Å². The van der Waals surface area contributed by atoms with Gasteiger partial charge in [0, 0.05) is 19.5 Å². The van der Waals surface area contributed by atoms with Crippen LogP contribution in [0.1, 0.15) is 28.7 Å². The lowest BCUT2D eigenvalue weighted by Crippen LogP contribution is -2.41. The van der Waals surface area contributed by atoms with Crippen molar-refractivity contribution in [2.24, 2.45) is 0 Å². The second kappa shape index (κ2) is 9.73. The SMILES string of the molecule is Cc1ccc(C)c(Cn2c(=O)n(CCC(=O)NCc3ccc4c(c3)OCO4)c(=O)c3ccccc32)c1. The molecule has 1 N–H and O–H groups in total. The summed E-state index contributed by atoms with van der Waals surface area (Å²) in [4.78, 5) is 39.2. The Kier molecular flexibility index (Phi) is 6.33. The maximum Gasteiger partial charge on any atom is 0.331 e. The van der Waals surface area contributed by atoms with Crippen LogP contribution in [0.4, 0.5) is 0 Å². The van der Waals surface area contributed by atoms with Gasteiger partial charge in [0.1, 0.15) is 0 Å². The fourth-order valence-corrected chi connectivity index (χ4v) is 4.42. The minimum atomic E-state index is -0.428. The number of nitrogens with zero attached hydrogens (tertiary/aromatic N) is 2. The van der Waals surface area contributed by atoms with Gasteiger partial charge in [-0.25, -0.2) is 4.79 Å². The van der Waals surface area contributed by atoms with Crippen molar-refractivity contribution < 1.29 is 14.3 Å². The molecule has 1 amide bonds. The quantitative estimate of drug-likeness (QED) is 0.434. The molecule has 0 saturated heterocycles. The van der Waals surface area contributed by atoms with Gasteiger partial charge in [-0.05, 0) is 54.8 Å². The molecule has 4 aromatic rings. The molecule has 0 bridgehead atoms. The van der Waals surface area contributed by atoms with Gasteiger partial charge in [0.2, 0.25) is 12.7 Å². The van der Waals surface area contributed by atoms with Gasteiger partial charge >= 0.3 is 5.69 Å². The zero-order valence-electron chi connectivity index (χ0n) is 20.2. The number of nitrogens with one attached hydrogen (secondary N) is 1. The van der Waals surface area contributed by atoms with E-state index in [0.717, 1.165) is 26.8 Å². The van der Waals surface area contributed by atoms with E-state index < -0.39 is 11.2 Å². The first kappa shape index (κ1) is 23.4. The van der Waals surface area contributed by atoms with Crippen molar-refractivity contribution in [3.63, 3.8) is 0 Å². The molecule has 1 aliphatic rings. The van der Waals surface area contributed by atoms with E-state index in [4.69, 9.17) is 9.47 Å². The zero-order valence-corrected chi connectivity index (χ0v) is 20.2. The minimum Gasteiger partial charge on any atom is -0.454 e. The first-order valence-electron chi connectivity index (χ1n) is 11.8. The molecule has 0 fully saturated rings. The smallest absolute Gasteiger partial charge is 0.331 e. The number of rotatable bonds is 7. The van der Waals surface area contributed by atoms with E-state index in [9.17, 15) is 14.4 Å². The number of benzene rings is 3. The summed E-state index contributed by atoms with van der Waals surface area (Å²) in [5.41, 5.74) is 3.80. The van der Waals surface area contributed by atoms with Gasteiger partial charge in [-0.2, -0.15) is 0 Å². The summed E-state index contributed by atoms with van der Waals surface area (Å²) < 4.78 is 13.5. The number of hydrogen-bond acceptors (Lipinski definition) is 5. The summed E-state index contributed by atoms with van der Waals surface area (Å²) >= 11 is 0. The lowest BCUT2D eigenvalue weighted by molar-refractivity contribution is -0.121. The molecule has 0 atom stereocenters. The second-order valence-corrected chi connectivity index (χ2v) is 8.99.